The molecule has 0 spiro atoms. The monoisotopic (exact) mass is 376 g/mol. The van der Waals surface area contributed by atoms with Crippen LogP contribution in [0.2, 0.25) is 0 Å². The summed E-state index contributed by atoms with van der Waals surface area (Å²) in [5.74, 6) is -0.0373. The number of phenols is 1. The van der Waals surface area contributed by atoms with Crippen LogP contribution in [-0.2, 0) is 13.1 Å². The highest BCUT2D eigenvalue weighted by atomic mass is 16.3. The molecule has 0 aliphatic rings. The van der Waals surface area contributed by atoms with Crippen molar-refractivity contribution in [2.45, 2.75) is 13.1 Å². The second-order valence-electron chi connectivity index (χ2n) is 6.09. The molecular formula is C21H20N4O3. The van der Waals surface area contributed by atoms with Crippen LogP contribution in [0.3, 0.4) is 0 Å². The first-order valence-electron chi connectivity index (χ1n) is 8.70. The van der Waals surface area contributed by atoms with Crippen molar-refractivity contribution in [2.24, 2.45) is 0 Å². The van der Waals surface area contributed by atoms with E-state index < -0.39 is 0 Å². The first-order chi connectivity index (χ1) is 13.6. The molecule has 0 saturated heterocycles. The van der Waals surface area contributed by atoms with Crippen LogP contribution in [0.5, 0.6) is 5.75 Å². The molecule has 0 radical (unpaired) electrons. The van der Waals surface area contributed by atoms with Gasteiger partial charge in [-0.25, -0.2) is 4.79 Å². The highest BCUT2D eigenvalue weighted by molar-refractivity contribution is 5.95. The number of hydrogen-bond donors (Lipinski definition) is 4. The molecule has 3 rings (SSSR count). The number of aromatic nitrogens is 1. The number of phenolic OH excluding ortho intramolecular Hbond substituents is 1. The number of anilines is 1. The van der Waals surface area contributed by atoms with E-state index >= 15 is 0 Å². The van der Waals surface area contributed by atoms with Gasteiger partial charge in [0.2, 0.25) is 0 Å². The van der Waals surface area contributed by atoms with Gasteiger partial charge in [0.05, 0.1) is 0 Å². The van der Waals surface area contributed by atoms with E-state index in [1.54, 1.807) is 60.9 Å². The van der Waals surface area contributed by atoms with Crippen molar-refractivity contribution >= 4 is 17.6 Å². The van der Waals surface area contributed by atoms with Crippen LogP contribution in [0.25, 0.3) is 0 Å². The summed E-state index contributed by atoms with van der Waals surface area (Å²) < 4.78 is 0. The van der Waals surface area contributed by atoms with Crippen molar-refractivity contribution in [1.29, 1.82) is 0 Å². The minimum absolute atomic E-state index is 0.183. The summed E-state index contributed by atoms with van der Waals surface area (Å²) in [5, 5.41) is 17.5. The first kappa shape index (κ1) is 18.9. The number of carbonyl (C=O) groups excluding carboxylic acids is 2. The average Bonchev–Trinajstić information content (AvgIpc) is 2.73. The fourth-order valence-electron chi connectivity index (χ4n) is 2.46. The van der Waals surface area contributed by atoms with Gasteiger partial charge >= 0.3 is 6.03 Å². The van der Waals surface area contributed by atoms with Crippen molar-refractivity contribution in [2.75, 3.05) is 5.32 Å². The number of rotatable bonds is 6. The number of carbonyl (C=O) groups is 2. The van der Waals surface area contributed by atoms with E-state index in [9.17, 15) is 14.7 Å². The van der Waals surface area contributed by atoms with Crippen molar-refractivity contribution in [3.05, 3.63) is 89.7 Å². The zero-order valence-corrected chi connectivity index (χ0v) is 15.1. The predicted molar refractivity (Wildman–Crippen MR) is 106 cm³/mol. The summed E-state index contributed by atoms with van der Waals surface area (Å²) in [6.07, 6.45) is 3.33. The Labute approximate surface area is 162 Å². The van der Waals surface area contributed by atoms with Gasteiger partial charge in [-0.15, -0.1) is 0 Å². The van der Waals surface area contributed by atoms with E-state index in [1.165, 1.54) is 0 Å². The molecule has 0 saturated carbocycles. The van der Waals surface area contributed by atoms with Gasteiger partial charge in [0.25, 0.3) is 5.91 Å². The number of aromatic hydroxyl groups is 1. The summed E-state index contributed by atoms with van der Waals surface area (Å²) in [4.78, 5) is 28.1. The molecule has 0 aliphatic carbocycles. The molecule has 3 amide bonds. The second-order valence-corrected chi connectivity index (χ2v) is 6.09. The maximum Gasteiger partial charge on any atom is 0.319 e. The zero-order chi connectivity index (χ0) is 19.8. The van der Waals surface area contributed by atoms with E-state index in [-0.39, 0.29) is 17.7 Å². The summed E-state index contributed by atoms with van der Waals surface area (Å²) >= 11 is 0. The van der Waals surface area contributed by atoms with Gasteiger partial charge in [0.15, 0.2) is 0 Å². The van der Waals surface area contributed by atoms with Gasteiger partial charge in [-0.1, -0.05) is 12.1 Å². The summed E-state index contributed by atoms with van der Waals surface area (Å²) in [6, 6.07) is 16.6. The Morgan fingerprint density at radius 1 is 0.786 bits per heavy atom. The topological polar surface area (TPSA) is 103 Å². The molecule has 1 heterocycles. The highest BCUT2D eigenvalue weighted by Crippen LogP contribution is 2.11. The fourth-order valence-corrected chi connectivity index (χ4v) is 2.46. The van der Waals surface area contributed by atoms with Crippen LogP contribution in [0.4, 0.5) is 10.5 Å². The third-order valence-electron chi connectivity index (χ3n) is 4.00. The lowest BCUT2D eigenvalue weighted by molar-refractivity contribution is 0.0951. The van der Waals surface area contributed by atoms with Gasteiger partial charge in [0.1, 0.15) is 5.75 Å². The minimum Gasteiger partial charge on any atom is -0.508 e. The van der Waals surface area contributed by atoms with E-state index in [0.29, 0.717) is 24.3 Å². The lowest BCUT2D eigenvalue weighted by Gasteiger charge is -2.09. The van der Waals surface area contributed by atoms with Gasteiger partial charge in [-0.2, -0.15) is 0 Å². The lowest BCUT2D eigenvalue weighted by atomic mass is 10.1. The smallest absolute Gasteiger partial charge is 0.319 e. The molecule has 0 unspecified atom stereocenters. The summed E-state index contributed by atoms with van der Waals surface area (Å²) in [7, 11) is 0. The molecule has 0 aliphatic heterocycles. The summed E-state index contributed by atoms with van der Waals surface area (Å²) in [6.45, 7) is 0.753. The molecule has 4 N–H and O–H groups in total. The van der Waals surface area contributed by atoms with Crippen molar-refractivity contribution < 1.29 is 14.7 Å². The molecule has 7 nitrogen and oxygen atoms in total. The number of nitrogens with one attached hydrogen (secondary N) is 3. The molecule has 0 atom stereocenters. The second kappa shape index (κ2) is 9.18. The number of hydrogen-bond acceptors (Lipinski definition) is 4. The van der Waals surface area contributed by atoms with Crippen LogP contribution in [0.1, 0.15) is 21.5 Å². The van der Waals surface area contributed by atoms with Crippen molar-refractivity contribution in [3.8, 4) is 5.75 Å². The fraction of sp³-hybridized carbons (Fsp3) is 0.0952. The summed E-state index contributed by atoms with van der Waals surface area (Å²) in [5.41, 5.74) is 2.91. The van der Waals surface area contributed by atoms with Gasteiger partial charge in [0, 0.05) is 36.7 Å². The van der Waals surface area contributed by atoms with Gasteiger partial charge in [-0.05, 0) is 59.7 Å². The predicted octanol–water partition coefficient (Wildman–Crippen LogP) is 3.04. The molecular weight excluding hydrogens is 356 g/mol. The molecule has 142 valence electrons. The standard InChI is InChI=1S/C21H20N4O3/c26-19-7-1-15(2-8-19)13-23-20(27)17-3-5-18(6-4-17)25-21(28)24-14-16-9-11-22-12-10-16/h1-12,26H,13-14H2,(H,23,27)(H2,24,25,28). The SMILES string of the molecule is O=C(NCc1ccncc1)Nc1ccc(C(=O)NCc2ccc(O)cc2)cc1. The lowest BCUT2D eigenvalue weighted by Crippen LogP contribution is -2.28. The van der Waals surface area contributed by atoms with E-state index in [1.807, 2.05) is 12.1 Å². The Bertz CT molecular complexity index is 926. The number of benzene rings is 2. The molecule has 2 aromatic carbocycles. The molecule has 3 aromatic rings. The first-order valence-corrected chi connectivity index (χ1v) is 8.70. The van der Waals surface area contributed by atoms with Crippen LogP contribution < -0.4 is 16.0 Å². The molecule has 0 bridgehead atoms. The Hall–Kier alpha value is -3.87. The van der Waals surface area contributed by atoms with Crippen LogP contribution in [-0.4, -0.2) is 22.0 Å². The molecule has 28 heavy (non-hydrogen) atoms. The number of nitrogens with zero attached hydrogens (tertiary/aromatic N) is 1. The van der Waals surface area contributed by atoms with Crippen molar-refractivity contribution in [1.82, 2.24) is 15.6 Å². The Morgan fingerprint density at radius 3 is 2.07 bits per heavy atom. The van der Waals surface area contributed by atoms with Crippen LogP contribution in [0, 0.1) is 0 Å². The van der Waals surface area contributed by atoms with E-state index in [0.717, 1.165) is 11.1 Å². The normalized spacial score (nSPS) is 10.1. The third-order valence-corrected chi connectivity index (χ3v) is 4.00. The van der Waals surface area contributed by atoms with Crippen LogP contribution in [0.15, 0.2) is 73.1 Å². The number of urea groups is 1. The van der Waals surface area contributed by atoms with E-state index in [2.05, 4.69) is 20.9 Å². The number of pyridine rings is 1. The van der Waals surface area contributed by atoms with Gasteiger partial charge in [-0.3, -0.25) is 9.78 Å². The van der Waals surface area contributed by atoms with E-state index in [4.69, 9.17) is 0 Å². The molecule has 1 aromatic heterocycles. The number of amides is 3. The average molecular weight is 376 g/mol. The maximum absolute atomic E-state index is 12.2. The molecule has 0 fully saturated rings. The third kappa shape index (κ3) is 5.57. The Kier molecular flexibility index (Phi) is 6.20. The zero-order valence-electron chi connectivity index (χ0n) is 15.1. The molecule has 7 heteroatoms. The minimum atomic E-state index is -0.332. The van der Waals surface area contributed by atoms with Crippen LogP contribution >= 0.6 is 0 Å². The quantitative estimate of drug-likeness (QED) is 0.531. The highest BCUT2D eigenvalue weighted by Gasteiger charge is 2.07. The Morgan fingerprint density at radius 2 is 1.39 bits per heavy atom. The van der Waals surface area contributed by atoms with Crippen molar-refractivity contribution in [3.63, 3.8) is 0 Å². The largest absolute Gasteiger partial charge is 0.508 e. The maximum atomic E-state index is 12.2. The van der Waals surface area contributed by atoms with Gasteiger partial charge < -0.3 is 21.1 Å². The Balaban J connectivity index is 1.47.